The van der Waals surface area contributed by atoms with Crippen molar-refractivity contribution in [2.75, 3.05) is 0 Å². The van der Waals surface area contributed by atoms with E-state index in [9.17, 15) is 4.79 Å². The number of H-pyrrole nitrogens is 1. The maximum absolute atomic E-state index is 11.2. The lowest BCUT2D eigenvalue weighted by atomic mass is 10.0. The number of hydrogen-bond donors (Lipinski definition) is 2. The summed E-state index contributed by atoms with van der Waals surface area (Å²) < 4.78 is 5.28. The van der Waals surface area contributed by atoms with Gasteiger partial charge >= 0.3 is 6.09 Å². The molecule has 0 spiro atoms. The second-order valence-electron chi connectivity index (χ2n) is 4.90. The van der Waals surface area contributed by atoms with Gasteiger partial charge in [-0.2, -0.15) is 0 Å². The summed E-state index contributed by atoms with van der Waals surface area (Å²) in [6.07, 6.45) is 1.38. The van der Waals surface area contributed by atoms with Crippen molar-refractivity contribution in [1.82, 2.24) is 4.98 Å². The van der Waals surface area contributed by atoms with Crippen molar-refractivity contribution in [3.8, 4) is 0 Å². The highest BCUT2D eigenvalue weighted by Crippen LogP contribution is 2.26. The Morgan fingerprint density at radius 2 is 1.81 bits per heavy atom. The normalized spacial score (nSPS) is 12.2. The molecule has 4 heteroatoms. The number of rotatable bonds is 4. The predicted octanol–water partition coefficient (Wildman–Crippen LogP) is 3.55. The lowest BCUT2D eigenvalue weighted by Gasteiger charge is -2.16. The molecule has 0 unspecified atom stereocenters. The fraction of sp³-hybridized carbons (Fsp3) is 0.118. The van der Waals surface area contributed by atoms with Crippen LogP contribution >= 0.6 is 0 Å². The summed E-state index contributed by atoms with van der Waals surface area (Å²) in [5.41, 5.74) is 8.30. The monoisotopic (exact) mass is 280 g/mol. The van der Waals surface area contributed by atoms with Crippen molar-refractivity contribution in [2.45, 2.75) is 12.5 Å². The molecule has 1 amide bonds. The van der Waals surface area contributed by atoms with Crippen LogP contribution in [-0.2, 0) is 11.2 Å². The number of aromatic nitrogens is 1. The van der Waals surface area contributed by atoms with Crippen LogP contribution in [0.2, 0.25) is 0 Å². The molecule has 0 saturated heterocycles. The first-order chi connectivity index (χ1) is 10.2. The van der Waals surface area contributed by atoms with Crippen LogP contribution in [0, 0.1) is 0 Å². The van der Waals surface area contributed by atoms with Crippen molar-refractivity contribution >= 4 is 17.0 Å². The summed E-state index contributed by atoms with van der Waals surface area (Å²) in [4.78, 5) is 14.4. The summed E-state index contributed by atoms with van der Waals surface area (Å²) in [5.74, 6) is 0. The van der Waals surface area contributed by atoms with E-state index in [4.69, 9.17) is 10.5 Å². The van der Waals surface area contributed by atoms with Gasteiger partial charge in [-0.15, -0.1) is 0 Å². The first-order valence-electron chi connectivity index (χ1n) is 6.80. The highest BCUT2D eigenvalue weighted by Gasteiger charge is 2.17. The third-order valence-corrected chi connectivity index (χ3v) is 3.51. The minimum Gasteiger partial charge on any atom is -0.441 e. The maximum atomic E-state index is 11.2. The molecule has 1 heterocycles. The Labute approximate surface area is 122 Å². The molecule has 3 rings (SSSR count). The number of aromatic amines is 1. The van der Waals surface area contributed by atoms with Crippen molar-refractivity contribution in [3.05, 3.63) is 71.9 Å². The molecular weight excluding hydrogens is 264 g/mol. The van der Waals surface area contributed by atoms with Gasteiger partial charge in [0.15, 0.2) is 0 Å². The fourth-order valence-electron chi connectivity index (χ4n) is 2.54. The Balaban J connectivity index is 1.93. The third-order valence-electron chi connectivity index (χ3n) is 3.51. The average molecular weight is 280 g/mol. The Hall–Kier alpha value is -2.75. The Bertz CT molecular complexity index is 750. The lowest BCUT2D eigenvalue weighted by Crippen LogP contribution is -2.18. The third kappa shape index (κ3) is 2.89. The van der Waals surface area contributed by atoms with Gasteiger partial charge in [-0.05, 0) is 17.2 Å². The Kier molecular flexibility index (Phi) is 3.60. The van der Waals surface area contributed by atoms with Crippen molar-refractivity contribution in [2.24, 2.45) is 5.73 Å². The molecule has 0 aliphatic rings. The number of hydrogen-bond acceptors (Lipinski definition) is 2. The molecule has 21 heavy (non-hydrogen) atoms. The van der Waals surface area contributed by atoms with Crippen LogP contribution in [0.3, 0.4) is 0 Å². The summed E-state index contributed by atoms with van der Waals surface area (Å²) in [6.45, 7) is 0. The maximum Gasteiger partial charge on any atom is 0.405 e. The van der Waals surface area contributed by atoms with Crippen LogP contribution < -0.4 is 5.73 Å². The van der Waals surface area contributed by atoms with Crippen LogP contribution in [-0.4, -0.2) is 11.1 Å². The number of benzene rings is 2. The van der Waals surface area contributed by atoms with Gasteiger partial charge < -0.3 is 15.5 Å². The molecular formula is C17H16N2O2. The van der Waals surface area contributed by atoms with Gasteiger partial charge in [0, 0.05) is 23.5 Å². The molecule has 106 valence electrons. The lowest BCUT2D eigenvalue weighted by molar-refractivity contribution is 0.107. The molecule has 0 aliphatic carbocycles. The zero-order valence-corrected chi connectivity index (χ0v) is 11.5. The minimum atomic E-state index is -0.760. The first-order valence-corrected chi connectivity index (χ1v) is 6.80. The second-order valence-corrected chi connectivity index (χ2v) is 4.90. The summed E-state index contributed by atoms with van der Waals surface area (Å²) in [7, 11) is 0. The largest absolute Gasteiger partial charge is 0.441 e. The van der Waals surface area contributed by atoms with Crippen molar-refractivity contribution < 1.29 is 9.53 Å². The molecule has 0 radical (unpaired) electrons. The molecule has 3 N–H and O–H groups in total. The summed E-state index contributed by atoms with van der Waals surface area (Å²) >= 11 is 0. The highest BCUT2D eigenvalue weighted by atomic mass is 16.6. The minimum absolute atomic E-state index is 0.386. The second kappa shape index (κ2) is 5.71. The molecule has 0 aliphatic heterocycles. The highest BCUT2D eigenvalue weighted by molar-refractivity contribution is 5.83. The van der Waals surface area contributed by atoms with Gasteiger partial charge in [0.1, 0.15) is 6.10 Å². The number of amides is 1. The zero-order valence-electron chi connectivity index (χ0n) is 11.5. The number of fused-ring (bicyclic) bond motifs is 1. The molecule has 4 nitrogen and oxygen atoms in total. The van der Waals surface area contributed by atoms with Gasteiger partial charge in [-0.1, -0.05) is 48.5 Å². The zero-order chi connectivity index (χ0) is 14.7. The number of nitrogens with one attached hydrogen (secondary N) is 1. The molecule has 2 aromatic carbocycles. The smallest absolute Gasteiger partial charge is 0.405 e. The van der Waals surface area contributed by atoms with Crippen LogP contribution in [0.5, 0.6) is 0 Å². The van der Waals surface area contributed by atoms with Crippen LogP contribution in [0.25, 0.3) is 10.9 Å². The molecule has 3 aromatic rings. The Morgan fingerprint density at radius 1 is 1.10 bits per heavy atom. The first kappa shape index (κ1) is 13.2. The van der Waals surface area contributed by atoms with E-state index in [1.54, 1.807) is 0 Å². The fourth-order valence-corrected chi connectivity index (χ4v) is 2.54. The van der Waals surface area contributed by atoms with E-state index >= 15 is 0 Å². The van der Waals surface area contributed by atoms with E-state index in [1.807, 2.05) is 60.8 Å². The van der Waals surface area contributed by atoms with Crippen LogP contribution in [0.4, 0.5) is 4.79 Å². The van der Waals surface area contributed by atoms with E-state index in [1.165, 1.54) is 0 Å². The predicted molar refractivity (Wildman–Crippen MR) is 81.9 cm³/mol. The SMILES string of the molecule is NC(=O)O[C@@H](Cc1c[nH]c2ccccc12)c1ccccc1. The van der Waals surface area contributed by atoms with Gasteiger partial charge in [0.2, 0.25) is 0 Å². The van der Waals surface area contributed by atoms with Gasteiger partial charge in [-0.3, -0.25) is 0 Å². The number of ether oxygens (including phenoxy) is 1. The standard InChI is InChI=1S/C17H16N2O2/c18-17(20)21-16(12-6-2-1-3-7-12)10-13-11-19-15-9-5-4-8-14(13)15/h1-9,11,16,19H,10H2,(H2,18,20)/t16-/m0/s1. The summed E-state index contributed by atoms with van der Waals surface area (Å²) in [6, 6.07) is 17.7. The Morgan fingerprint density at radius 3 is 2.57 bits per heavy atom. The van der Waals surface area contributed by atoms with Gasteiger partial charge in [0.25, 0.3) is 0 Å². The van der Waals surface area contributed by atoms with Gasteiger partial charge in [0.05, 0.1) is 0 Å². The van der Waals surface area contributed by atoms with E-state index in [2.05, 4.69) is 4.98 Å². The number of carbonyl (C=O) groups excluding carboxylic acids is 1. The number of nitrogens with two attached hydrogens (primary N) is 1. The van der Waals surface area contributed by atoms with Crippen molar-refractivity contribution in [3.63, 3.8) is 0 Å². The van der Waals surface area contributed by atoms with Crippen molar-refractivity contribution in [1.29, 1.82) is 0 Å². The topological polar surface area (TPSA) is 68.1 Å². The average Bonchev–Trinajstić information content (AvgIpc) is 2.90. The number of para-hydroxylation sites is 1. The van der Waals surface area contributed by atoms with E-state index in [0.29, 0.717) is 6.42 Å². The number of carbonyl (C=O) groups is 1. The molecule has 1 aromatic heterocycles. The molecule has 1 atom stereocenters. The van der Waals surface area contributed by atoms with Gasteiger partial charge in [-0.25, -0.2) is 4.79 Å². The number of primary amides is 1. The van der Waals surface area contributed by atoms with Crippen LogP contribution in [0.15, 0.2) is 60.8 Å². The molecule has 0 bridgehead atoms. The summed E-state index contributed by atoms with van der Waals surface area (Å²) in [5, 5.41) is 1.13. The van der Waals surface area contributed by atoms with Crippen LogP contribution in [0.1, 0.15) is 17.2 Å². The molecule has 0 fully saturated rings. The van der Waals surface area contributed by atoms with E-state index in [-0.39, 0.29) is 6.10 Å². The molecule has 0 saturated carbocycles. The van der Waals surface area contributed by atoms with E-state index in [0.717, 1.165) is 22.0 Å². The quantitative estimate of drug-likeness (QED) is 0.767. The van der Waals surface area contributed by atoms with E-state index < -0.39 is 6.09 Å².